The van der Waals surface area contributed by atoms with Crippen molar-refractivity contribution in [2.75, 3.05) is 5.88 Å². The summed E-state index contributed by atoms with van der Waals surface area (Å²) in [5.41, 5.74) is 2.60. The Morgan fingerprint density at radius 2 is 2.00 bits per heavy atom. The Bertz CT molecular complexity index is 462. The van der Waals surface area contributed by atoms with Crippen molar-refractivity contribution in [3.63, 3.8) is 0 Å². The number of alkyl halides is 1. The van der Waals surface area contributed by atoms with E-state index in [9.17, 15) is 9.59 Å². The maximum atomic E-state index is 11.5. The number of fused-ring (bicyclic) bond motifs is 1. The molecule has 0 heterocycles. The van der Waals surface area contributed by atoms with Gasteiger partial charge < -0.3 is 5.32 Å². The van der Waals surface area contributed by atoms with Crippen LogP contribution in [0.4, 0.5) is 4.79 Å². The molecular formula is C13H15ClN2O2. The van der Waals surface area contributed by atoms with E-state index in [-0.39, 0.29) is 11.9 Å². The largest absolute Gasteiger partial charge is 0.335 e. The topological polar surface area (TPSA) is 58.2 Å². The predicted molar refractivity (Wildman–Crippen MR) is 69.6 cm³/mol. The highest BCUT2D eigenvalue weighted by Gasteiger charge is 2.20. The van der Waals surface area contributed by atoms with E-state index >= 15 is 0 Å². The predicted octanol–water partition coefficient (Wildman–Crippen LogP) is 1.61. The van der Waals surface area contributed by atoms with Gasteiger partial charge in [0.2, 0.25) is 5.91 Å². The van der Waals surface area contributed by atoms with E-state index in [0.717, 1.165) is 19.3 Å². The van der Waals surface area contributed by atoms with Crippen LogP contribution in [-0.2, 0) is 17.6 Å². The first kappa shape index (κ1) is 12.9. The molecule has 0 bridgehead atoms. The summed E-state index contributed by atoms with van der Waals surface area (Å²) < 4.78 is 0. The fourth-order valence-electron chi connectivity index (χ4n) is 2.20. The maximum absolute atomic E-state index is 11.5. The van der Waals surface area contributed by atoms with Crippen molar-refractivity contribution < 1.29 is 9.59 Å². The zero-order chi connectivity index (χ0) is 13.0. The van der Waals surface area contributed by atoms with Crippen molar-refractivity contribution in [3.8, 4) is 0 Å². The SMILES string of the molecule is O=C(CCl)NC(=O)NC1CCc2ccccc2C1. The minimum absolute atomic E-state index is 0.0722. The Balaban J connectivity index is 1.90. The Labute approximate surface area is 111 Å². The van der Waals surface area contributed by atoms with Crippen LogP contribution in [0.15, 0.2) is 24.3 Å². The van der Waals surface area contributed by atoms with Gasteiger partial charge in [-0.2, -0.15) is 0 Å². The van der Waals surface area contributed by atoms with E-state index in [4.69, 9.17) is 11.6 Å². The van der Waals surface area contributed by atoms with Crippen LogP contribution >= 0.6 is 11.6 Å². The van der Waals surface area contributed by atoms with Crippen molar-refractivity contribution in [1.82, 2.24) is 10.6 Å². The van der Waals surface area contributed by atoms with E-state index < -0.39 is 11.9 Å². The third-order valence-corrected chi connectivity index (χ3v) is 3.30. The van der Waals surface area contributed by atoms with Gasteiger partial charge >= 0.3 is 6.03 Å². The van der Waals surface area contributed by atoms with Crippen LogP contribution in [0.5, 0.6) is 0 Å². The fraction of sp³-hybridized carbons (Fsp3) is 0.385. The number of amides is 3. The van der Waals surface area contributed by atoms with Gasteiger partial charge in [0.25, 0.3) is 0 Å². The first-order valence-corrected chi connectivity index (χ1v) is 6.45. The molecule has 0 radical (unpaired) electrons. The van der Waals surface area contributed by atoms with Gasteiger partial charge in [0.15, 0.2) is 0 Å². The monoisotopic (exact) mass is 266 g/mol. The molecule has 1 atom stereocenters. The number of hydrogen-bond acceptors (Lipinski definition) is 2. The van der Waals surface area contributed by atoms with Crippen LogP contribution in [0.1, 0.15) is 17.5 Å². The normalized spacial score (nSPS) is 17.7. The third kappa shape index (κ3) is 3.23. The molecule has 18 heavy (non-hydrogen) atoms. The van der Waals surface area contributed by atoms with E-state index in [2.05, 4.69) is 22.8 Å². The summed E-state index contributed by atoms with van der Waals surface area (Å²) in [5, 5.41) is 4.98. The Kier molecular flexibility index (Phi) is 4.20. The number of hydrogen-bond donors (Lipinski definition) is 2. The molecule has 2 N–H and O–H groups in total. The molecule has 0 saturated carbocycles. The highest BCUT2D eigenvalue weighted by molar-refractivity contribution is 6.28. The molecule has 0 aliphatic heterocycles. The second-order valence-electron chi connectivity index (χ2n) is 4.36. The van der Waals surface area contributed by atoms with E-state index in [1.807, 2.05) is 12.1 Å². The minimum atomic E-state index is -0.481. The molecule has 0 spiro atoms. The molecule has 2 rings (SSSR count). The van der Waals surface area contributed by atoms with Gasteiger partial charge in [-0.3, -0.25) is 10.1 Å². The van der Waals surface area contributed by atoms with Gasteiger partial charge in [-0.1, -0.05) is 24.3 Å². The van der Waals surface area contributed by atoms with Crippen LogP contribution in [-0.4, -0.2) is 23.9 Å². The average Bonchev–Trinajstić information content (AvgIpc) is 2.38. The highest BCUT2D eigenvalue weighted by Crippen LogP contribution is 2.20. The molecule has 1 unspecified atom stereocenters. The van der Waals surface area contributed by atoms with E-state index in [1.165, 1.54) is 11.1 Å². The second-order valence-corrected chi connectivity index (χ2v) is 4.63. The van der Waals surface area contributed by atoms with Crippen molar-refractivity contribution in [3.05, 3.63) is 35.4 Å². The lowest BCUT2D eigenvalue weighted by Gasteiger charge is -2.25. The molecule has 1 aliphatic carbocycles. The summed E-state index contributed by atoms with van der Waals surface area (Å²) in [6.07, 6.45) is 2.64. The summed E-state index contributed by atoms with van der Waals surface area (Å²) >= 11 is 5.31. The Morgan fingerprint density at radius 1 is 1.28 bits per heavy atom. The van der Waals surface area contributed by atoms with Crippen molar-refractivity contribution in [1.29, 1.82) is 0 Å². The number of benzene rings is 1. The van der Waals surface area contributed by atoms with E-state index in [1.54, 1.807) is 0 Å². The van der Waals surface area contributed by atoms with Gasteiger partial charge in [-0.25, -0.2) is 4.79 Å². The Hall–Kier alpha value is -1.55. The number of imide groups is 1. The number of nitrogens with one attached hydrogen (secondary N) is 2. The quantitative estimate of drug-likeness (QED) is 0.799. The molecule has 0 aromatic heterocycles. The molecule has 1 aromatic rings. The number of urea groups is 1. The van der Waals surface area contributed by atoms with E-state index in [0.29, 0.717) is 0 Å². The van der Waals surface area contributed by atoms with Gasteiger partial charge in [-0.15, -0.1) is 11.6 Å². The maximum Gasteiger partial charge on any atom is 0.321 e. The van der Waals surface area contributed by atoms with Crippen LogP contribution < -0.4 is 10.6 Å². The number of halogens is 1. The van der Waals surface area contributed by atoms with Gasteiger partial charge in [0, 0.05) is 6.04 Å². The Morgan fingerprint density at radius 3 is 2.72 bits per heavy atom. The van der Waals surface area contributed by atoms with Crippen LogP contribution in [0.3, 0.4) is 0 Å². The third-order valence-electron chi connectivity index (χ3n) is 3.06. The average molecular weight is 267 g/mol. The number of carbonyl (C=O) groups excluding carboxylic acids is 2. The molecule has 1 aliphatic rings. The molecule has 3 amide bonds. The summed E-state index contributed by atoms with van der Waals surface area (Å²) in [5.74, 6) is -0.689. The second kappa shape index (κ2) is 5.87. The van der Waals surface area contributed by atoms with Gasteiger partial charge in [-0.05, 0) is 30.4 Å². The zero-order valence-corrected chi connectivity index (χ0v) is 10.7. The molecular weight excluding hydrogens is 252 g/mol. The van der Waals surface area contributed by atoms with Crippen molar-refractivity contribution in [2.45, 2.75) is 25.3 Å². The lowest BCUT2D eigenvalue weighted by molar-refractivity contribution is -0.117. The fourth-order valence-corrected chi connectivity index (χ4v) is 2.27. The zero-order valence-electron chi connectivity index (χ0n) is 9.91. The molecule has 1 aromatic carbocycles. The van der Waals surface area contributed by atoms with Crippen molar-refractivity contribution in [2.24, 2.45) is 0 Å². The smallest absolute Gasteiger partial charge is 0.321 e. The first-order chi connectivity index (χ1) is 8.69. The number of rotatable bonds is 2. The standard InChI is InChI=1S/C13H15ClN2O2/c14-8-12(17)16-13(18)15-11-6-5-9-3-1-2-4-10(9)7-11/h1-4,11H,5-8H2,(H2,15,16,17,18). The van der Waals surface area contributed by atoms with Crippen LogP contribution in [0, 0.1) is 0 Å². The first-order valence-electron chi connectivity index (χ1n) is 5.92. The number of aryl methyl sites for hydroxylation is 1. The lowest BCUT2D eigenvalue weighted by atomic mass is 9.88. The van der Waals surface area contributed by atoms with Crippen LogP contribution in [0.25, 0.3) is 0 Å². The summed E-state index contributed by atoms with van der Waals surface area (Å²) in [6, 6.07) is 7.82. The van der Waals surface area contributed by atoms with Gasteiger partial charge in [0.1, 0.15) is 5.88 Å². The molecule has 4 nitrogen and oxygen atoms in total. The summed E-state index contributed by atoms with van der Waals surface area (Å²) in [6.45, 7) is 0. The summed E-state index contributed by atoms with van der Waals surface area (Å²) in [7, 11) is 0. The lowest BCUT2D eigenvalue weighted by Crippen LogP contribution is -2.46. The summed E-state index contributed by atoms with van der Waals surface area (Å²) in [4.78, 5) is 22.4. The molecule has 0 fully saturated rings. The minimum Gasteiger partial charge on any atom is -0.335 e. The highest BCUT2D eigenvalue weighted by atomic mass is 35.5. The molecule has 0 saturated heterocycles. The molecule has 96 valence electrons. The van der Waals surface area contributed by atoms with Crippen LogP contribution in [0.2, 0.25) is 0 Å². The van der Waals surface area contributed by atoms with Crippen molar-refractivity contribution >= 4 is 23.5 Å². The molecule has 5 heteroatoms. The van der Waals surface area contributed by atoms with Gasteiger partial charge in [0.05, 0.1) is 0 Å². The number of carbonyl (C=O) groups is 2.